The van der Waals surface area contributed by atoms with Gasteiger partial charge in [0.15, 0.2) is 0 Å². The fraction of sp³-hybridized carbons (Fsp3) is 0.600. The highest BCUT2D eigenvalue weighted by molar-refractivity contribution is 5.69. The lowest BCUT2D eigenvalue weighted by molar-refractivity contribution is -0.388. The number of aryl methyl sites for hydroxylation is 1. The molecule has 0 radical (unpaired) electrons. The average Bonchev–Trinajstić information content (AvgIpc) is 2.83. The Balaban J connectivity index is 2.32. The van der Waals surface area contributed by atoms with E-state index in [-0.39, 0.29) is 18.3 Å². The highest BCUT2D eigenvalue weighted by Gasteiger charge is 2.34. The molecule has 8 heteroatoms. The van der Waals surface area contributed by atoms with Crippen LogP contribution in [0.5, 0.6) is 0 Å². The van der Waals surface area contributed by atoms with Gasteiger partial charge in [-0.25, -0.2) is 0 Å². The lowest BCUT2D eigenvalue weighted by Crippen LogP contribution is -2.33. The zero-order valence-corrected chi connectivity index (χ0v) is 9.94. The first-order valence-electron chi connectivity index (χ1n) is 5.65. The van der Waals surface area contributed by atoms with E-state index in [4.69, 9.17) is 5.11 Å². The van der Waals surface area contributed by atoms with Crippen LogP contribution < -0.4 is 4.90 Å². The minimum Gasteiger partial charge on any atom is -0.481 e. The van der Waals surface area contributed by atoms with E-state index in [1.807, 2.05) is 0 Å². The molecule has 0 bridgehead atoms. The summed E-state index contributed by atoms with van der Waals surface area (Å²) in [4.78, 5) is 26.7. The molecular formula is C10H14N4O4. The maximum Gasteiger partial charge on any atom is 0.406 e. The molecule has 1 saturated heterocycles. The third-order valence-electron chi connectivity index (χ3n) is 3.12. The van der Waals surface area contributed by atoms with Crippen molar-refractivity contribution in [2.24, 2.45) is 7.05 Å². The van der Waals surface area contributed by atoms with Crippen molar-refractivity contribution in [1.82, 2.24) is 9.55 Å². The zero-order valence-electron chi connectivity index (χ0n) is 9.94. The van der Waals surface area contributed by atoms with Gasteiger partial charge < -0.3 is 20.1 Å². The summed E-state index contributed by atoms with van der Waals surface area (Å²) in [6, 6.07) is -0.198. The van der Waals surface area contributed by atoms with E-state index >= 15 is 0 Å². The molecule has 1 N–H and O–H groups in total. The van der Waals surface area contributed by atoms with Crippen LogP contribution in [-0.2, 0) is 11.8 Å². The van der Waals surface area contributed by atoms with Crippen LogP contribution in [0, 0.1) is 10.1 Å². The zero-order chi connectivity index (χ0) is 13.3. The number of aromatic nitrogens is 2. The van der Waals surface area contributed by atoms with Crippen LogP contribution in [-0.4, -0.2) is 38.1 Å². The maximum absolute atomic E-state index is 10.9. The molecule has 0 spiro atoms. The second-order valence-corrected chi connectivity index (χ2v) is 4.35. The summed E-state index contributed by atoms with van der Waals surface area (Å²) < 4.78 is 1.57. The van der Waals surface area contributed by atoms with Gasteiger partial charge >= 0.3 is 11.8 Å². The van der Waals surface area contributed by atoms with E-state index in [9.17, 15) is 14.9 Å². The molecule has 1 fully saturated rings. The lowest BCUT2D eigenvalue weighted by atomic mass is 10.1. The Labute approximate surface area is 103 Å². The normalized spacial score (nSPS) is 19.2. The molecule has 8 nitrogen and oxygen atoms in total. The monoisotopic (exact) mass is 254 g/mol. The minimum atomic E-state index is -0.892. The number of hydrogen-bond donors (Lipinski definition) is 1. The number of anilines is 1. The Bertz CT molecular complexity index is 484. The highest BCUT2D eigenvalue weighted by Crippen LogP contribution is 2.33. The highest BCUT2D eigenvalue weighted by atomic mass is 16.6. The fourth-order valence-electron chi connectivity index (χ4n) is 2.40. The molecular weight excluding hydrogens is 240 g/mol. The summed E-state index contributed by atoms with van der Waals surface area (Å²) in [5, 5.41) is 19.8. The van der Waals surface area contributed by atoms with Crippen molar-refractivity contribution in [3.8, 4) is 0 Å². The number of imidazole rings is 1. The Kier molecular flexibility index (Phi) is 3.17. The topological polar surface area (TPSA) is 101 Å². The second-order valence-electron chi connectivity index (χ2n) is 4.35. The molecule has 2 rings (SSSR count). The second kappa shape index (κ2) is 4.63. The number of nitro groups is 1. The third kappa shape index (κ3) is 2.13. The molecule has 1 atom stereocenters. The van der Waals surface area contributed by atoms with Gasteiger partial charge in [-0.15, -0.1) is 0 Å². The average molecular weight is 254 g/mol. The summed E-state index contributed by atoms with van der Waals surface area (Å²) in [5.41, 5.74) is 0. The first kappa shape index (κ1) is 12.3. The molecule has 1 aromatic rings. The number of carboxylic acids is 1. The van der Waals surface area contributed by atoms with Crippen LogP contribution in [0.15, 0.2) is 6.33 Å². The Hall–Kier alpha value is -2.12. The van der Waals surface area contributed by atoms with Crippen LogP contribution in [0.1, 0.15) is 19.3 Å². The molecule has 1 unspecified atom stereocenters. The summed E-state index contributed by atoms with van der Waals surface area (Å²) in [7, 11) is 1.67. The number of nitrogens with zero attached hydrogens (tertiary/aromatic N) is 4. The van der Waals surface area contributed by atoms with Gasteiger partial charge in [-0.3, -0.25) is 9.36 Å². The molecule has 0 aromatic carbocycles. The van der Waals surface area contributed by atoms with Crippen molar-refractivity contribution in [3.05, 3.63) is 16.4 Å². The van der Waals surface area contributed by atoms with Gasteiger partial charge in [0.2, 0.25) is 12.1 Å². The van der Waals surface area contributed by atoms with Gasteiger partial charge in [-0.1, -0.05) is 0 Å². The first-order chi connectivity index (χ1) is 8.50. The van der Waals surface area contributed by atoms with E-state index in [1.54, 1.807) is 16.5 Å². The van der Waals surface area contributed by atoms with Crippen LogP contribution in [0.25, 0.3) is 0 Å². The van der Waals surface area contributed by atoms with Gasteiger partial charge in [0.1, 0.15) is 0 Å². The quantitative estimate of drug-likeness (QED) is 0.629. The molecule has 1 aromatic heterocycles. The number of carboxylic acid groups (broad SMARTS) is 1. The van der Waals surface area contributed by atoms with Crippen LogP contribution in [0.2, 0.25) is 0 Å². The van der Waals surface area contributed by atoms with Crippen molar-refractivity contribution in [2.75, 3.05) is 11.4 Å². The van der Waals surface area contributed by atoms with Crippen molar-refractivity contribution < 1.29 is 14.8 Å². The maximum atomic E-state index is 10.9. The summed E-state index contributed by atoms with van der Waals surface area (Å²) in [6.45, 7) is 0.623. The predicted octanol–water partition coefficient (Wildman–Crippen LogP) is 0.772. The van der Waals surface area contributed by atoms with Crippen LogP contribution in [0.3, 0.4) is 0 Å². The molecule has 0 amide bonds. The van der Waals surface area contributed by atoms with Gasteiger partial charge in [-0.05, 0) is 22.7 Å². The SMILES string of the molecule is Cn1cnc([N+](=O)[O-])c1N1CCCC1CC(=O)O. The standard InChI is InChI=1S/C10H14N4O4/c1-12-6-11-9(14(17)18)10(12)13-4-2-3-7(13)5-8(15)16/h6-7H,2-5H2,1H3,(H,15,16). The van der Waals surface area contributed by atoms with Gasteiger partial charge in [0.25, 0.3) is 0 Å². The molecule has 98 valence electrons. The Morgan fingerprint density at radius 2 is 2.44 bits per heavy atom. The van der Waals surface area contributed by atoms with Gasteiger partial charge in [0.05, 0.1) is 6.42 Å². The van der Waals surface area contributed by atoms with Crippen molar-refractivity contribution in [2.45, 2.75) is 25.3 Å². The first-order valence-corrected chi connectivity index (χ1v) is 5.65. The molecule has 18 heavy (non-hydrogen) atoms. The number of aliphatic carboxylic acids is 1. The Morgan fingerprint density at radius 1 is 1.72 bits per heavy atom. The Morgan fingerprint density at radius 3 is 3.06 bits per heavy atom. The van der Waals surface area contributed by atoms with E-state index in [0.717, 1.165) is 12.8 Å². The fourth-order valence-corrected chi connectivity index (χ4v) is 2.40. The number of rotatable bonds is 4. The molecule has 0 aliphatic carbocycles. The summed E-state index contributed by atoms with van der Waals surface area (Å²) in [5.74, 6) is -0.713. The predicted molar refractivity (Wildman–Crippen MR) is 62.5 cm³/mol. The molecule has 1 aliphatic rings. The van der Waals surface area contributed by atoms with Crippen molar-refractivity contribution >= 4 is 17.6 Å². The van der Waals surface area contributed by atoms with Gasteiger partial charge in [-0.2, -0.15) is 0 Å². The van der Waals surface area contributed by atoms with Gasteiger partial charge in [0, 0.05) is 19.6 Å². The lowest BCUT2D eigenvalue weighted by Gasteiger charge is -2.24. The van der Waals surface area contributed by atoms with Crippen LogP contribution >= 0.6 is 0 Å². The van der Waals surface area contributed by atoms with Crippen molar-refractivity contribution in [3.63, 3.8) is 0 Å². The summed E-state index contributed by atoms with van der Waals surface area (Å²) in [6.07, 6.45) is 2.93. The van der Waals surface area contributed by atoms with E-state index in [2.05, 4.69) is 4.98 Å². The number of hydrogen-bond acceptors (Lipinski definition) is 5. The number of carbonyl (C=O) groups is 1. The van der Waals surface area contributed by atoms with Crippen molar-refractivity contribution in [1.29, 1.82) is 0 Å². The van der Waals surface area contributed by atoms with Crippen LogP contribution in [0.4, 0.5) is 11.6 Å². The largest absolute Gasteiger partial charge is 0.481 e. The molecule has 2 heterocycles. The van der Waals surface area contributed by atoms with E-state index < -0.39 is 10.9 Å². The third-order valence-corrected chi connectivity index (χ3v) is 3.12. The summed E-state index contributed by atoms with van der Waals surface area (Å²) >= 11 is 0. The smallest absolute Gasteiger partial charge is 0.406 e. The van der Waals surface area contributed by atoms with E-state index in [1.165, 1.54) is 6.33 Å². The minimum absolute atomic E-state index is 0.0116. The van der Waals surface area contributed by atoms with E-state index in [0.29, 0.717) is 12.4 Å². The molecule has 1 aliphatic heterocycles. The molecule has 0 saturated carbocycles.